The number of nitriles is 1. The minimum absolute atomic E-state index is 0.0130. The number of nitrogen functional groups attached to an aromatic ring is 1. The van der Waals surface area contributed by atoms with Crippen molar-refractivity contribution in [2.24, 2.45) is 0 Å². The standard InChI is InChI=1S/C11H6ClF3N4O/c12-5-1-6(13)8(2-7(5)17)19-9(3-16)10(4-18-19)20-11(14)15/h1-2,4,11H,17H2. The first kappa shape index (κ1) is 14.0. The Hall–Kier alpha value is -2.40. The lowest BCUT2D eigenvalue weighted by molar-refractivity contribution is -0.0500. The van der Waals surface area contributed by atoms with Gasteiger partial charge < -0.3 is 10.5 Å². The molecule has 9 heteroatoms. The lowest BCUT2D eigenvalue weighted by Gasteiger charge is -2.07. The van der Waals surface area contributed by atoms with Gasteiger partial charge in [0.25, 0.3) is 0 Å². The van der Waals surface area contributed by atoms with Crippen LogP contribution in [0, 0.1) is 17.1 Å². The molecule has 0 saturated heterocycles. The van der Waals surface area contributed by atoms with Crippen LogP contribution in [0.2, 0.25) is 5.02 Å². The van der Waals surface area contributed by atoms with Crippen molar-refractivity contribution in [2.45, 2.75) is 6.61 Å². The second kappa shape index (κ2) is 5.30. The summed E-state index contributed by atoms with van der Waals surface area (Å²) >= 11 is 5.64. The highest BCUT2D eigenvalue weighted by molar-refractivity contribution is 6.33. The number of hydrogen-bond donors (Lipinski definition) is 1. The molecule has 104 valence electrons. The zero-order valence-corrected chi connectivity index (χ0v) is 10.4. The van der Waals surface area contributed by atoms with Crippen LogP contribution in [0.5, 0.6) is 5.75 Å². The van der Waals surface area contributed by atoms with Crippen LogP contribution in [0.4, 0.5) is 18.9 Å². The predicted octanol–water partition coefficient (Wildman–Crippen LogP) is 2.72. The maximum Gasteiger partial charge on any atom is 0.387 e. The van der Waals surface area contributed by atoms with Gasteiger partial charge in [-0.1, -0.05) is 11.6 Å². The molecule has 2 rings (SSSR count). The van der Waals surface area contributed by atoms with Crippen LogP contribution in [-0.4, -0.2) is 16.4 Å². The SMILES string of the molecule is N#Cc1c(OC(F)F)cnn1-c1cc(N)c(Cl)cc1F. The topological polar surface area (TPSA) is 76.9 Å². The Bertz CT molecular complexity index is 696. The van der Waals surface area contributed by atoms with Gasteiger partial charge in [0.2, 0.25) is 0 Å². The quantitative estimate of drug-likeness (QED) is 0.884. The number of rotatable bonds is 3. The average molecular weight is 303 g/mol. The Morgan fingerprint density at radius 2 is 2.15 bits per heavy atom. The molecule has 1 aromatic carbocycles. The molecule has 20 heavy (non-hydrogen) atoms. The van der Waals surface area contributed by atoms with Crippen molar-refractivity contribution >= 4 is 17.3 Å². The van der Waals surface area contributed by atoms with Crippen LogP contribution in [0.1, 0.15) is 5.69 Å². The van der Waals surface area contributed by atoms with Gasteiger partial charge in [-0.15, -0.1) is 0 Å². The van der Waals surface area contributed by atoms with E-state index in [1.807, 2.05) is 0 Å². The number of nitrogens with zero attached hydrogens (tertiary/aromatic N) is 3. The van der Waals surface area contributed by atoms with E-state index in [0.29, 0.717) is 0 Å². The zero-order valence-electron chi connectivity index (χ0n) is 9.65. The monoisotopic (exact) mass is 302 g/mol. The summed E-state index contributed by atoms with van der Waals surface area (Å²) in [7, 11) is 0. The smallest absolute Gasteiger partial charge is 0.387 e. The van der Waals surface area contributed by atoms with E-state index in [2.05, 4.69) is 9.84 Å². The summed E-state index contributed by atoms with van der Waals surface area (Å²) in [4.78, 5) is 0. The predicted molar refractivity (Wildman–Crippen MR) is 64.3 cm³/mol. The van der Waals surface area contributed by atoms with E-state index in [-0.39, 0.29) is 22.1 Å². The summed E-state index contributed by atoms with van der Waals surface area (Å²) in [6, 6.07) is 3.68. The molecule has 5 nitrogen and oxygen atoms in total. The van der Waals surface area contributed by atoms with Crippen molar-refractivity contribution in [1.82, 2.24) is 9.78 Å². The van der Waals surface area contributed by atoms with Gasteiger partial charge in [0, 0.05) is 0 Å². The molecule has 0 atom stereocenters. The first-order valence-electron chi connectivity index (χ1n) is 5.12. The van der Waals surface area contributed by atoms with Crippen molar-refractivity contribution in [2.75, 3.05) is 5.73 Å². The van der Waals surface area contributed by atoms with Crippen LogP contribution in [0.15, 0.2) is 18.3 Å². The molecule has 2 aromatic rings. The van der Waals surface area contributed by atoms with Crippen molar-refractivity contribution in [1.29, 1.82) is 5.26 Å². The number of halogens is 4. The van der Waals surface area contributed by atoms with E-state index in [9.17, 15) is 13.2 Å². The molecular formula is C11H6ClF3N4O. The Balaban J connectivity index is 2.57. The average Bonchev–Trinajstić information content (AvgIpc) is 2.75. The summed E-state index contributed by atoms with van der Waals surface area (Å²) in [6.07, 6.45) is 0.884. The molecule has 0 aliphatic carbocycles. The van der Waals surface area contributed by atoms with Gasteiger partial charge in [-0.3, -0.25) is 0 Å². The minimum Gasteiger partial charge on any atom is -0.430 e. The third kappa shape index (κ3) is 2.48. The lowest BCUT2D eigenvalue weighted by atomic mass is 10.2. The van der Waals surface area contributed by atoms with Gasteiger partial charge in [0.05, 0.1) is 16.9 Å². The fourth-order valence-corrected chi connectivity index (χ4v) is 1.67. The summed E-state index contributed by atoms with van der Waals surface area (Å²) in [5.41, 5.74) is 5.00. The molecule has 0 radical (unpaired) electrons. The van der Waals surface area contributed by atoms with Crippen molar-refractivity contribution in [3.63, 3.8) is 0 Å². The van der Waals surface area contributed by atoms with E-state index >= 15 is 0 Å². The molecule has 0 bridgehead atoms. The molecular weight excluding hydrogens is 297 g/mol. The Kier molecular flexibility index (Phi) is 3.72. The molecule has 2 N–H and O–H groups in total. The fraction of sp³-hybridized carbons (Fsp3) is 0.0909. The second-order valence-electron chi connectivity index (χ2n) is 3.58. The van der Waals surface area contributed by atoms with E-state index < -0.39 is 18.2 Å². The number of benzene rings is 1. The first-order valence-corrected chi connectivity index (χ1v) is 5.49. The van der Waals surface area contributed by atoms with Crippen LogP contribution >= 0.6 is 11.6 Å². The molecule has 0 aliphatic heterocycles. The third-order valence-electron chi connectivity index (χ3n) is 2.35. The number of nitrogens with two attached hydrogens (primary N) is 1. The number of ether oxygens (including phenoxy) is 1. The molecule has 0 unspecified atom stereocenters. The number of hydrogen-bond acceptors (Lipinski definition) is 4. The van der Waals surface area contributed by atoms with E-state index in [4.69, 9.17) is 22.6 Å². The molecule has 0 fully saturated rings. The van der Waals surface area contributed by atoms with Gasteiger partial charge in [-0.05, 0) is 12.1 Å². The summed E-state index contributed by atoms with van der Waals surface area (Å²) in [5.74, 6) is -1.28. The van der Waals surface area contributed by atoms with Gasteiger partial charge in [0.15, 0.2) is 17.3 Å². The van der Waals surface area contributed by atoms with Crippen molar-refractivity contribution in [3.05, 3.63) is 34.9 Å². The summed E-state index contributed by atoms with van der Waals surface area (Å²) in [6.45, 7) is -3.13. The van der Waals surface area contributed by atoms with Crippen LogP contribution in [0.25, 0.3) is 5.69 Å². The lowest BCUT2D eigenvalue weighted by Crippen LogP contribution is -2.06. The maximum absolute atomic E-state index is 13.8. The highest BCUT2D eigenvalue weighted by Gasteiger charge is 2.19. The van der Waals surface area contributed by atoms with Crippen LogP contribution in [-0.2, 0) is 0 Å². The Labute approximate surface area is 115 Å². The Morgan fingerprint density at radius 3 is 2.75 bits per heavy atom. The van der Waals surface area contributed by atoms with Gasteiger partial charge in [0.1, 0.15) is 11.8 Å². The molecule has 0 amide bonds. The molecule has 1 aromatic heterocycles. The molecule has 0 aliphatic rings. The molecule has 0 saturated carbocycles. The second-order valence-corrected chi connectivity index (χ2v) is 3.99. The van der Waals surface area contributed by atoms with E-state index in [1.165, 1.54) is 0 Å². The number of aromatic nitrogens is 2. The normalized spacial score (nSPS) is 10.6. The minimum atomic E-state index is -3.13. The van der Waals surface area contributed by atoms with Gasteiger partial charge in [-0.2, -0.15) is 19.1 Å². The number of anilines is 1. The molecule has 0 spiro atoms. The van der Waals surface area contributed by atoms with Crippen molar-refractivity contribution < 1.29 is 17.9 Å². The van der Waals surface area contributed by atoms with Gasteiger partial charge in [-0.25, -0.2) is 9.07 Å². The van der Waals surface area contributed by atoms with E-state index in [0.717, 1.165) is 23.0 Å². The molecule has 1 heterocycles. The van der Waals surface area contributed by atoms with Gasteiger partial charge >= 0.3 is 6.61 Å². The number of alkyl halides is 2. The maximum atomic E-state index is 13.8. The summed E-state index contributed by atoms with van der Waals surface area (Å²) < 4.78 is 43.1. The third-order valence-corrected chi connectivity index (χ3v) is 2.68. The Morgan fingerprint density at radius 1 is 1.45 bits per heavy atom. The van der Waals surface area contributed by atoms with E-state index in [1.54, 1.807) is 6.07 Å². The zero-order chi connectivity index (χ0) is 14.9. The van der Waals surface area contributed by atoms with Crippen molar-refractivity contribution in [3.8, 4) is 17.5 Å². The van der Waals surface area contributed by atoms with Crippen LogP contribution < -0.4 is 10.5 Å². The fourth-order valence-electron chi connectivity index (χ4n) is 1.52. The first-order chi connectivity index (χ1) is 9.43. The summed E-state index contributed by atoms with van der Waals surface area (Å²) in [5, 5.41) is 12.6. The largest absolute Gasteiger partial charge is 0.430 e. The highest BCUT2D eigenvalue weighted by atomic mass is 35.5. The van der Waals surface area contributed by atoms with Crippen LogP contribution in [0.3, 0.4) is 0 Å². The highest BCUT2D eigenvalue weighted by Crippen LogP contribution is 2.28.